The van der Waals surface area contributed by atoms with Crippen LogP contribution in [0.3, 0.4) is 0 Å². The van der Waals surface area contributed by atoms with Crippen molar-refractivity contribution >= 4 is 0 Å². The van der Waals surface area contributed by atoms with Crippen LogP contribution < -0.4 is 5.32 Å². The van der Waals surface area contributed by atoms with E-state index in [-0.39, 0.29) is 0 Å². The lowest BCUT2D eigenvalue weighted by Gasteiger charge is -2.38. The zero-order valence-corrected chi connectivity index (χ0v) is 12.2. The van der Waals surface area contributed by atoms with Gasteiger partial charge in [-0.1, -0.05) is 24.3 Å². The molecule has 1 heterocycles. The van der Waals surface area contributed by atoms with Crippen molar-refractivity contribution in [3.8, 4) is 0 Å². The predicted molar refractivity (Wildman–Crippen MR) is 80.5 cm³/mol. The first-order chi connectivity index (χ1) is 9.22. The fourth-order valence-corrected chi connectivity index (χ4v) is 3.61. The molecule has 1 fully saturated rings. The number of benzene rings is 1. The highest BCUT2D eigenvalue weighted by Crippen LogP contribution is 2.23. The van der Waals surface area contributed by atoms with Crippen LogP contribution in [0.4, 0.5) is 0 Å². The molecule has 0 saturated carbocycles. The minimum atomic E-state index is 0.690. The average Bonchev–Trinajstić information content (AvgIpc) is 2.43. The standard InChI is InChI=1S/C17H26N2/c1-13-11-17(9-10-19(13)2)18-16-8-7-14-5-3-4-6-15(14)12-16/h3-6,13,16-18H,7-12H2,1-2H3. The van der Waals surface area contributed by atoms with E-state index in [9.17, 15) is 0 Å². The van der Waals surface area contributed by atoms with Gasteiger partial charge in [-0.05, 0) is 63.7 Å². The molecule has 1 aliphatic heterocycles. The third-order valence-electron chi connectivity index (χ3n) is 5.03. The van der Waals surface area contributed by atoms with Gasteiger partial charge in [0.25, 0.3) is 0 Å². The van der Waals surface area contributed by atoms with Crippen LogP contribution >= 0.6 is 0 Å². The summed E-state index contributed by atoms with van der Waals surface area (Å²) < 4.78 is 0. The number of aryl methyl sites for hydroxylation is 1. The summed E-state index contributed by atoms with van der Waals surface area (Å²) in [5, 5.41) is 3.92. The maximum Gasteiger partial charge on any atom is 0.0113 e. The Labute approximate surface area is 117 Å². The number of hydrogen-bond donors (Lipinski definition) is 1. The Morgan fingerprint density at radius 1 is 1.11 bits per heavy atom. The van der Waals surface area contributed by atoms with E-state index in [2.05, 4.69) is 48.5 Å². The number of nitrogens with zero attached hydrogens (tertiary/aromatic N) is 1. The molecule has 1 saturated heterocycles. The molecule has 0 aromatic heterocycles. The van der Waals surface area contributed by atoms with Gasteiger partial charge >= 0.3 is 0 Å². The Balaban J connectivity index is 1.57. The number of piperidine rings is 1. The van der Waals surface area contributed by atoms with Gasteiger partial charge in [0.1, 0.15) is 0 Å². The lowest BCUT2D eigenvalue weighted by molar-refractivity contribution is 0.160. The summed E-state index contributed by atoms with van der Waals surface area (Å²) in [4.78, 5) is 2.48. The van der Waals surface area contributed by atoms with Crippen molar-refractivity contribution in [1.82, 2.24) is 10.2 Å². The molecule has 1 aliphatic carbocycles. The molecule has 1 N–H and O–H groups in total. The van der Waals surface area contributed by atoms with Gasteiger partial charge in [0, 0.05) is 18.1 Å². The number of hydrogen-bond acceptors (Lipinski definition) is 2. The molecule has 2 nitrogen and oxygen atoms in total. The van der Waals surface area contributed by atoms with E-state index in [1.807, 2.05) is 0 Å². The molecule has 0 amide bonds. The predicted octanol–water partition coefficient (Wildman–Crippen LogP) is 2.62. The highest BCUT2D eigenvalue weighted by Gasteiger charge is 2.26. The van der Waals surface area contributed by atoms with Crippen LogP contribution in [0.25, 0.3) is 0 Å². The van der Waals surface area contributed by atoms with Gasteiger partial charge in [-0.2, -0.15) is 0 Å². The van der Waals surface area contributed by atoms with Gasteiger partial charge in [-0.15, -0.1) is 0 Å². The molecule has 0 bridgehead atoms. The molecule has 3 unspecified atom stereocenters. The Morgan fingerprint density at radius 2 is 1.89 bits per heavy atom. The molecule has 0 radical (unpaired) electrons. The van der Waals surface area contributed by atoms with Gasteiger partial charge in [0.15, 0.2) is 0 Å². The highest BCUT2D eigenvalue weighted by atomic mass is 15.1. The smallest absolute Gasteiger partial charge is 0.0113 e. The van der Waals surface area contributed by atoms with Crippen LogP contribution in [-0.4, -0.2) is 36.6 Å². The maximum absolute atomic E-state index is 3.92. The Morgan fingerprint density at radius 3 is 2.68 bits per heavy atom. The van der Waals surface area contributed by atoms with Gasteiger partial charge in [0.05, 0.1) is 0 Å². The lowest BCUT2D eigenvalue weighted by atomic mass is 9.87. The monoisotopic (exact) mass is 258 g/mol. The third-order valence-corrected chi connectivity index (χ3v) is 5.03. The zero-order valence-electron chi connectivity index (χ0n) is 12.2. The highest BCUT2D eigenvalue weighted by molar-refractivity contribution is 5.30. The van der Waals surface area contributed by atoms with Crippen LogP contribution in [0.2, 0.25) is 0 Å². The van der Waals surface area contributed by atoms with Crippen molar-refractivity contribution in [2.75, 3.05) is 13.6 Å². The minimum absolute atomic E-state index is 0.690. The van der Waals surface area contributed by atoms with E-state index >= 15 is 0 Å². The van der Waals surface area contributed by atoms with Gasteiger partial charge in [-0.3, -0.25) is 0 Å². The summed E-state index contributed by atoms with van der Waals surface area (Å²) in [5.41, 5.74) is 3.13. The van der Waals surface area contributed by atoms with E-state index in [1.165, 1.54) is 38.6 Å². The van der Waals surface area contributed by atoms with Crippen molar-refractivity contribution in [3.05, 3.63) is 35.4 Å². The topological polar surface area (TPSA) is 15.3 Å². The quantitative estimate of drug-likeness (QED) is 0.877. The van der Waals surface area contributed by atoms with Crippen molar-refractivity contribution < 1.29 is 0 Å². The fraction of sp³-hybridized carbons (Fsp3) is 0.647. The average molecular weight is 258 g/mol. The summed E-state index contributed by atoms with van der Waals surface area (Å²) in [6, 6.07) is 11.1. The first-order valence-electron chi connectivity index (χ1n) is 7.75. The van der Waals surface area contributed by atoms with Gasteiger partial charge in [-0.25, -0.2) is 0 Å². The molecular weight excluding hydrogens is 232 g/mol. The van der Waals surface area contributed by atoms with Crippen molar-refractivity contribution in [2.24, 2.45) is 0 Å². The molecule has 3 rings (SSSR count). The Bertz CT molecular complexity index is 429. The third kappa shape index (κ3) is 3.01. The van der Waals surface area contributed by atoms with Crippen LogP contribution in [0.15, 0.2) is 24.3 Å². The lowest BCUT2D eigenvalue weighted by Crippen LogP contribution is -2.49. The van der Waals surface area contributed by atoms with Crippen molar-refractivity contribution in [3.63, 3.8) is 0 Å². The molecule has 0 spiro atoms. The number of nitrogens with one attached hydrogen (secondary N) is 1. The summed E-state index contributed by atoms with van der Waals surface area (Å²) in [6.45, 7) is 3.59. The Kier molecular flexibility index (Phi) is 3.90. The number of fused-ring (bicyclic) bond motifs is 1. The number of likely N-dealkylation sites (tertiary alicyclic amines) is 1. The second-order valence-corrected chi connectivity index (χ2v) is 6.43. The van der Waals surface area contributed by atoms with Crippen LogP contribution in [0.1, 0.15) is 37.3 Å². The van der Waals surface area contributed by atoms with Crippen molar-refractivity contribution in [1.29, 1.82) is 0 Å². The summed E-state index contributed by atoms with van der Waals surface area (Å²) >= 11 is 0. The Hall–Kier alpha value is -0.860. The van der Waals surface area contributed by atoms with E-state index in [0.29, 0.717) is 6.04 Å². The van der Waals surface area contributed by atoms with Crippen LogP contribution in [0, 0.1) is 0 Å². The molecular formula is C17H26N2. The van der Waals surface area contributed by atoms with Gasteiger partial charge in [0.2, 0.25) is 0 Å². The van der Waals surface area contributed by atoms with E-state index in [1.54, 1.807) is 11.1 Å². The molecule has 2 heteroatoms. The second-order valence-electron chi connectivity index (χ2n) is 6.43. The van der Waals surface area contributed by atoms with Crippen molar-refractivity contribution in [2.45, 2.75) is 57.2 Å². The number of rotatable bonds is 2. The van der Waals surface area contributed by atoms with Crippen LogP contribution in [-0.2, 0) is 12.8 Å². The first kappa shape index (κ1) is 13.1. The second kappa shape index (κ2) is 5.64. The fourth-order valence-electron chi connectivity index (χ4n) is 3.61. The van der Waals surface area contributed by atoms with E-state index in [4.69, 9.17) is 0 Å². The normalized spacial score (nSPS) is 32.0. The van der Waals surface area contributed by atoms with Gasteiger partial charge < -0.3 is 10.2 Å². The molecule has 19 heavy (non-hydrogen) atoms. The molecule has 1 aromatic rings. The SMILES string of the molecule is CC1CC(NC2CCc3ccccc3C2)CCN1C. The maximum atomic E-state index is 3.92. The minimum Gasteiger partial charge on any atom is -0.311 e. The molecule has 2 aliphatic rings. The van der Waals surface area contributed by atoms with E-state index in [0.717, 1.165) is 12.1 Å². The first-order valence-corrected chi connectivity index (χ1v) is 7.75. The van der Waals surface area contributed by atoms with Crippen LogP contribution in [0.5, 0.6) is 0 Å². The van der Waals surface area contributed by atoms with E-state index < -0.39 is 0 Å². The molecule has 3 atom stereocenters. The summed E-state index contributed by atoms with van der Waals surface area (Å²) in [6.07, 6.45) is 6.37. The largest absolute Gasteiger partial charge is 0.311 e. The summed E-state index contributed by atoms with van der Waals surface area (Å²) in [7, 11) is 2.25. The zero-order chi connectivity index (χ0) is 13.2. The summed E-state index contributed by atoms with van der Waals surface area (Å²) in [5.74, 6) is 0. The molecule has 1 aromatic carbocycles. The molecule has 104 valence electrons.